The first-order chi connectivity index (χ1) is 14.0. The minimum atomic E-state index is -0.616. The maximum absolute atomic E-state index is 12.2. The summed E-state index contributed by atoms with van der Waals surface area (Å²) in [4.78, 5) is 35.2. The Morgan fingerprint density at radius 2 is 1.69 bits per heavy atom. The average Bonchev–Trinajstić information content (AvgIpc) is 2.74. The lowest BCUT2D eigenvalue weighted by Crippen LogP contribution is -2.30. The van der Waals surface area contributed by atoms with Gasteiger partial charge in [-0.3, -0.25) is 25.0 Å². The summed E-state index contributed by atoms with van der Waals surface area (Å²) in [5.41, 5.74) is 3.45. The van der Waals surface area contributed by atoms with Gasteiger partial charge in [-0.1, -0.05) is 6.07 Å². The van der Waals surface area contributed by atoms with Crippen molar-refractivity contribution in [3.05, 3.63) is 73.8 Å². The van der Waals surface area contributed by atoms with E-state index in [1.165, 1.54) is 36.5 Å². The molecule has 0 bridgehead atoms. The second kappa shape index (κ2) is 8.91. The van der Waals surface area contributed by atoms with Crippen LogP contribution in [0, 0.1) is 20.2 Å². The van der Waals surface area contributed by atoms with Gasteiger partial charge in [0.15, 0.2) is 0 Å². The van der Waals surface area contributed by atoms with Crippen LogP contribution in [-0.2, 0) is 0 Å². The van der Waals surface area contributed by atoms with Crippen LogP contribution in [0.1, 0.15) is 35.2 Å². The lowest BCUT2D eigenvalue weighted by atomic mass is 10.1. The number of hydrogen-bond donors (Lipinski definition) is 1. The number of hydrogen-bond acceptors (Lipinski definition) is 7. The summed E-state index contributed by atoms with van der Waals surface area (Å²) in [5.74, 6) is -0.616. The van der Waals surface area contributed by atoms with Crippen molar-refractivity contribution in [2.75, 3.05) is 18.0 Å². The van der Waals surface area contributed by atoms with Gasteiger partial charge in [-0.25, -0.2) is 5.43 Å². The zero-order valence-corrected chi connectivity index (χ0v) is 15.5. The van der Waals surface area contributed by atoms with Gasteiger partial charge < -0.3 is 4.90 Å². The Kier molecular flexibility index (Phi) is 6.12. The topological polar surface area (TPSA) is 131 Å². The predicted molar refractivity (Wildman–Crippen MR) is 107 cm³/mol. The molecule has 2 aromatic carbocycles. The molecule has 0 unspecified atom stereocenters. The molecular formula is C19H19N5O5. The van der Waals surface area contributed by atoms with Crippen LogP contribution in [0.2, 0.25) is 0 Å². The number of nitro benzene ring substituents is 2. The van der Waals surface area contributed by atoms with Crippen LogP contribution in [0.3, 0.4) is 0 Å². The zero-order valence-electron chi connectivity index (χ0n) is 15.5. The summed E-state index contributed by atoms with van der Waals surface area (Å²) in [7, 11) is 0. The molecule has 0 aliphatic carbocycles. The van der Waals surface area contributed by atoms with Gasteiger partial charge in [-0.05, 0) is 31.4 Å². The predicted octanol–water partition coefficient (Wildman–Crippen LogP) is 3.26. The minimum Gasteiger partial charge on any atom is -0.371 e. The van der Waals surface area contributed by atoms with Gasteiger partial charge in [0, 0.05) is 54.2 Å². The molecule has 2 aromatic rings. The molecule has 150 valence electrons. The zero-order chi connectivity index (χ0) is 20.8. The number of rotatable bonds is 6. The van der Waals surface area contributed by atoms with E-state index in [0.717, 1.165) is 44.1 Å². The summed E-state index contributed by atoms with van der Waals surface area (Å²) in [5, 5.41) is 25.9. The third-order valence-corrected chi connectivity index (χ3v) is 4.61. The molecule has 1 fully saturated rings. The lowest BCUT2D eigenvalue weighted by Gasteiger charge is -2.29. The SMILES string of the molecule is O=C(NN=Cc1cc([N+](=O)[O-])ccc1N1CCCCC1)c1cccc([N+](=O)[O-])c1. The summed E-state index contributed by atoms with van der Waals surface area (Å²) in [6, 6.07) is 9.82. The number of non-ortho nitro benzene ring substituents is 2. The minimum absolute atomic E-state index is 0.0720. The molecule has 10 heteroatoms. The fraction of sp³-hybridized carbons (Fsp3) is 0.263. The normalized spacial score (nSPS) is 14.0. The standard InChI is InChI=1S/C19H19N5O5/c25-19(14-5-4-6-16(11-14)23(26)27)21-20-13-15-12-17(24(28)29)7-8-18(15)22-9-2-1-3-10-22/h4-8,11-13H,1-3,9-10H2,(H,21,25). The lowest BCUT2D eigenvalue weighted by molar-refractivity contribution is -0.385. The molecule has 29 heavy (non-hydrogen) atoms. The summed E-state index contributed by atoms with van der Waals surface area (Å²) in [6.07, 6.45) is 4.58. The monoisotopic (exact) mass is 397 g/mol. The third-order valence-electron chi connectivity index (χ3n) is 4.61. The smallest absolute Gasteiger partial charge is 0.271 e. The molecule has 0 radical (unpaired) electrons. The number of nitrogens with zero attached hydrogens (tertiary/aromatic N) is 4. The van der Waals surface area contributed by atoms with Crippen LogP contribution in [0.4, 0.5) is 17.1 Å². The maximum Gasteiger partial charge on any atom is 0.271 e. The van der Waals surface area contributed by atoms with Gasteiger partial charge in [-0.15, -0.1) is 0 Å². The Bertz CT molecular complexity index is 969. The summed E-state index contributed by atoms with van der Waals surface area (Å²) >= 11 is 0. The highest BCUT2D eigenvalue weighted by atomic mass is 16.6. The largest absolute Gasteiger partial charge is 0.371 e. The van der Waals surface area contributed by atoms with E-state index in [2.05, 4.69) is 15.4 Å². The van der Waals surface area contributed by atoms with Crippen LogP contribution < -0.4 is 10.3 Å². The Balaban J connectivity index is 1.80. The van der Waals surface area contributed by atoms with Gasteiger partial charge in [0.05, 0.1) is 16.1 Å². The molecule has 3 rings (SSSR count). The molecule has 1 N–H and O–H groups in total. The highest BCUT2D eigenvalue weighted by Gasteiger charge is 2.17. The van der Waals surface area contributed by atoms with Gasteiger partial charge in [0.2, 0.25) is 0 Å². The van der Waals surface area contributed by atoms with E-state index in [-0.39, 0.29) is 16.9 Å². The number of hydrazone groups is 1. The maximum atomic E-state index is 12.2. The van der Waals surface area contributed by atoms with E-state index >= 15 is 0 Å². The van der Waals surface area contributed by atoms with E-state index in [4.69, 9.17) is 0 Å². The number of anilines is 1. The molecule has 0 atom stereocenters. The van der Waals surface area contributed by atoms with Crippen molar-refractivity contribution in [3.63, 3.8) is 0 Å². The van der Waals surface area contributed by atoms with E-state index in [1.807, 2.05) is 0 Å². The Labute approximate surface area is 166 Å². The molecule has 1 heterocycles. The molecule has 1 amide bonds. The quantitative estimate of drug-likeness (QED) is 0.452. The number of benzene rings is 2. The first-order valence-electron chi connectivity index (χ1n) is 9.07. The van der Waals surface area contributed by atoms with Gasteiger partial charge in [0.25, 0.3) is 17.3 Å². The van der Waals surface area contributed by atoms with Gasteiger partial charge in [0.1, 0.15) is 0 Å². The Morgan fingerprint density at radius 3 is 2.38 bits per heavy atom. The van der Waals surface area contributed by atoms with Gasteiger partial charge >= 0.3 is 0 Å². The van der Waals surface area contributed by atoms with Crippen LogP contribution in [0.5, 0.6) is 0 Å². The first-order valence-corrected chi connectivity index (χ1v) is 9.07. The van der Waals surface area contributed by atoms with Crippen molar-refractivity contribution in [1.82, 2.24) is 5.43 Å². The molecule has 0 saturated carbocycles. The molecule has 1 aliphatic heterocycles. The van der Waals surface area contributed by atoms with E-state index in [9.17, 15) is 25.0 Å². The molecular weight excluding hydrogens is 378 g/mol. The fourth-order valence-corrected chi connectivity index (χ4v) is 3.17. The summed E-state index contributed by atoms with van der Waals surface area (Å²) in [6.45, 7) is 1.69. The van der Waals surface area contributed by atoms with Crippen molar-refractivity contribution in [2.24, 2.45) is 5.10 Å². The second-order valence-corrected chi connectivity index (χ2v) is 6.55. The highest BCUT2D eigenvalue weighted by Crippen LogP contribution is 2.27. The molecule has 1 aliphatic rings. The number of amides is 1. The van der Waals surface area contributed by atoms with Crippen LogP contribution in [0.15, 0.2) is 47.6 Å². The van der Waals surface area contributed by atoms with Crippen molar-refractivity contribution in [1.29, 1.82) is 0 Å². The first kappa shape index (κ1) is 19.9. The molecule has 10 nitrogen and oxygen atoms in total. The number of nitro groups is 2. The highest BCUT2D eigenvalue weighted by molar-refractivity contribution is 5.96. The Morgan fingerprint density at radius 1 is 1.00 bits per heavy atom. The van der Waals surface area contributed by atoms with Crippen LogP contribution >= 0.6 is 0 Å². The molecule has 1 saturated heterocycles. The summed E-state index contributed by atoms with van der Waals surface area (Å²) < 4.78 is 0. The third kappa shape index (κ3) is 4.92. The van der Waals surface area contributed by atoms with Crippen molar-refractivity contribution >= 4 is 29.2 Å². The van der Waals surface area contributed by atoms with Crippen molar-refractivity contribution in [3.8, 4) is 0 Å². The van der Waals surface area contributed by atoms with Crippen molar-refractivity contribution < 1.29 is 14.6 Å². The van der Waals surface area contributed by atoms with E-state index in [1.54, 1.807) is 6.07 Å². The average molecular weight is 397 g/mol. The van der Waals surface area contributed by atoms with E-state index in [0.29, 0.717) is 5.56 Å². The number of carbonyl (C=O) groups excluding carboxylic acids is 1. The Hall–Kier alpha value is -3.82. The van der Waals surface area contributed by atoms with Crippen LogP contribution in [-0.4, -0.2) is 35.1 Å². The number of carbonyl (C=O) groups is 1. The van der Waals surface area contributed by atoms with Crippen molar-refractivity contribution in [2.45, 2.75) is 19.3 Å². The fourth-order valence-electron chi connectivity index (χ4n) is 3.17. The van der Waals surface area contributed by atoms with E-state index < -0.39 is 15.8 Å². The van der Waals surface area contributed by atoms with Crippen LogP contribution in [0.25, 0.3) is 0 Å². The number of piperidine rings is 1. The molecule has 0 spiro atoms. The number of nitrogens with one attached hydrogen (secondary N) is 1. The molecule has 0 aromatic heterocycles. The second-order valence-electron chi connectivity index (χ2n) is 6.55. The van der Waals surface area contributed by atoms with Gasteiger partial charge in [-0.2, -0.15) is 5.10 Å².